The van der Waals surface area contributed by atoms with Gasteiger partial charge in [-0.1, -0.05) is 36.4 Å². The van der Waals surface area contributed by atoms with Crippen molar-refractivity contribution in [2.24, 2.45) is 5.73 Å². The minimum Gasteiger partial charge on any atom is -0.366 e. The Labute approximate surface area is 125 Å². The predicted octanol–water partition coefficient (Wildman–Crippen LogP) is 2.92. The monoisotopic (exact) mass is 280 g/mol. The second-order valence-electron chi connectivity index (χ2n) is 5.59. The van der Waals surface area contributed by atoms with Gasteiger partial charge in [-0.25, -0.2) is 0 Å². The van der Waals surface area contributed by atoms with Crippen molar-refractivity contribution in [3.63, 3.8) is 0 Å². The minimum absolute atomic E-state index is 0.384. The van der Waals surface area contributed by atoms with Gasteiger partial charge in [-0.2, -0.15) is 0 Å². The number of piperidine rings is 1. The van der Waals surface area contributed by atoms with Gasteiger partial charge in [-0.3, -0.25) is 4.79 Å². The lowest BCUT2D eigenvalue weighted by molar-refractivity contribution is 0.100. The first kappa shape index (κ1) is 13.8. The topological polar surface area (TPSA) is 55.1 Å². The molecule has 2 aromatic carbocycles. The Morgan fingerprint density at radius 3 is 2.38 bits per heavy atom. The number of nitrogens with two attached hydrogens (primary N) is 1. The number of rotatable bonds is 3. The van der Waals surface area contributed by atoms with E-state index in [-0.39, 0.29) is 5.91 Å². The van der Waals surface area contributed by atoms with Gasteiger partial charge in [-0.05, 0) is 60.7 Å². The van der Waals surface area contributed by atoms with Crippen LogP contribution in [0, 0.1) is 0 Å². The van der Waals surface area contributed by atoms with Crippen molar-refractivity contribution in [2.45, 2.75) is 18.8 Å². The lowest BCUT2D eigenvalue weighted by Gasteiger charge is -2.23. The third-order valence-corrected chi connectivity index (χ3v) is 4.20. The highest BCUT2D eigenvalue weighted by atomic mass is 16.1. The van der Waals surface area contributed by atoms with Crippen LogP contribution in [0.25, 0.3) is 11.1 Å². The molecule has 0 aliphatic carbocycles. The average molecular weight is 280 g/mol. The summed E-state index contributed by atoms with van der Waals surface area (Å²) in [4.78, 5) is 11.1. The van der Waals surface area contributed by atoms with Crippen molar-refractivity contribution >= 4 is 5.91 Å². The molecule has 1 fully saturated rings. The molecule has 0 spiro atoms. The third kappa shape index (κ3) is 3.14. The molecule has 2 aromatic rings. The van der Waals surface area contributed by atoms with E-state index in [9.17, 15) is 4.79 Å². The summed E-state index contributed by atoms with van der Waals surface area (Å²) in [5.41, 5.74) is 9.56. The summed E-state index contributed by atoms with van der Waals surface area (Å²) in [5, 5.41) is 3.40. The Morgan fingerprint density at radius 1 is 1.00 bits per heavy atom. The Bertz CT molecular complexity index is 628. The van der Waals surface area contributed by atoms with Crippen molar-refractivity contribution in [1.82, 2.24) is 5.32 Å². The highest BCUT2D eigenvalue weighted by Crippen LogP contribution is 2.29. The second-order valence-corrected chi connectivity index (χ2v) is 5.59. The normalized spacial score (nSPS) is 15.8. The number of hydrogen-bond acceptors (Lipinski definition) is 2. The highest BCUT2D eigenvalue weighted by Gasteiger charge is 2.15. The fourth-order valence-electron chi connectivity index (χ4n) is 2.95. The Morgan fingerprint density at radius 2 is 1.71 bits per heavy atom. The maximum absolute atomic E-state index is 11.1. The van der Waals surface area contributed by atoms with E-state index < -0.39 is 0 Å². The van der Waals surface area contributed by atoms with Crippen molar-refractivity contribution in [3.05, 3.63) is 59.7 Å². The molecular formula is C18H20N2O. The van der Waals surface area contributed by atoms with Crippen LogP contribution in [-0.4, -0.2) is 19.0 Å². The fourth-order valence-corrected chi connectivity index (χ4v) is 2.95. The molecule has 0 saturated carbocycles. The summed E-state index contributed by atoms with van der Waals surface area (Å²) < 4.78 is 0. The number of nitrogens with one attached hydrogen (secondary N) is 1. The van der Waals surface area contributed by atoms with Crippen LogP contribution in [0.1, 0.15) is 34.7 Å². The van der Waals surface area contributed by atoms with Gasteiger partial charge in [0, 0.05) is 5.56 Å². The first-order valence-electron chi connectivity index (χ1n) is 7.45. The maximum Gasteiger partial charge on any atom is 0.248 e. The van der Waals surface area contributed by atoms with Crippen LogP contribution in [-0.2, 0) is 0 Å². The number of carbonyl (C=O) groups excluding carboxylic acids is 1. The van der Waals surface area contributed by atoms with E-state index in [2.05, 4.69) is 29.6 Å². The Kier molecular flexibility index (Phi) is 4.02. The van der Waals surface area contributed by atoms with Crippen LogP contribution in [0.2, 0.25) is 0 Å². The van der Waals surface area contributed by atoms with Gasteiger partial charge in [0.25, 0.3) is 0 Å². The minimum atomic E-state index is -0.384. The lowest BCUT2D eigenvalue weighted by atomic mass is 9.88. The molecule has 3 N–H and O–H groups in total. The van der Waals surface area contributed by atoms with Gasteiger partial charge in [0.2, 0.25) is 5.91 Å². The molecule has 1 aliphatic rings. The summed E-state index contributed by atoms with van der Waals surface area (Å²) in [7, 11) is 0. The molecule has 3 heteroatoms. The van der Waals surface area contributed by atoms with E-state index in [4.69, 9.17) is 5.73 Å². The van der Waals surface area contributed by atoms with E-state index in [0.29, 0.717) is 11.5 Å². The van der Waals surface area contributed by atoms with Gasteiger partial charge in [0.05, 0.1) is 0 Å². The molecule has 3 rings (SSSR count). The van der Waals surface area contributed by atoms with Crippen LogP contribution in [0.4, 0.5) is 0 Å². The Balaban J connectivity index is 1.86. The van der Waals surface area contributed by atoms with Gasteiger partial charge in [0.15, 0.2) is 0 Å². The largest absolute Gasteiger partial charge is 0.366 e. The molecule has 0 radical (unpaired) electrons. The average Bonchev–Trinajstić information content (AvgIpc) is 2.56. The quantitative estimate of drug-likeness (QED) is 0.908. The van der Waals surface area contributed by atoms with E-state index in [1.54, 1.807) is 12.1 Å². The number of carbonyl (C=O) groups is 1. The van der Waals surface area contributed by atoms with E-state index in [1.807, 2.05) is 12.1 Å². The summed E-state index contributed by atoms with van der Waals surface area (Å²) in [6.45, 7) is 2.20. The van der Waals surface area contributed by atoms with Crippen molar-refractivity contribution in [3.8, 4) is 11.1 Å². The molecule has 21 heavy (non-hydrogen) atoms. The van der Waals surface area contributed by atoms with Crippen molar-refractivity contribution in [1.29, 1.82) is 0 Å². The fraction of sp³-hybridized carbons (Fsp3) is 0.278. The third-order valence-electron chi connectivity index (χ3n) is 4.20. The first-order valence-corrected chi connectivity index (χ1v) is 7.45. The molecule has 0 bridgehead atoms. The molecule has 1 heterocycles. The molecule has 3 nitrogen and oxygen atoms in total. The van der Waals surface area contributed by atoms with Crippen LogP contribution in [0.15, 0.2) is 48.5 Å². The van der Waals surface area contributed by atoms with E-state index in [1.165, 1.54) is 24.0 Å². The zero-order chi connectivity index (χ0) is 14.7. The zero-order valence-corrected chi connectivity index (χ0v) is 12.0. The maximum atomic E-state index is 11.1. The van der Waals surface area contributed by atoms with E-state index in [0.717, 1.165) is 18.7 Å². The molecule has 1 saturated heterocycles. The summed E-state index contributed by atoms with van der Waals surface area (Å²) in [5.74, 6) is 0.265. The highest BCUT2D eigenvalue weighted by molar-refractivity contribution is 5.93. The summed E-state index contributed by atoms with van der Waals surface area (Å²) in [6.07, 6.45) is 2.40. The smallest absolute Gasteiger partial charge is 0.248 e. The zero-order valence-electron chi connectivity index (χ0n) is 12.0. The van der Waals surface area contributed by atoms with Crippen LogP contribution >= 0.6 is 0 Å². The molecule has 0 atom stereocenters. The molecule has 108 valence electrons. The van der Waals surface area contributed by atoms with Gasteiger partial charge in [0.1, 0.15) is 0 Å². The molecule has 1 amide bonds. The number of benzene rings is 2. The van der Waals surface area contributed by atoms with E-state index >= 15 is 0 Å². The molecule has 0 unspecified atom stereocenters. The van der Waals surface area contributed by atoms with Crippen molar-refractivity contribution in [2.75, 3.05) is 13.1 Å². The second kappa shape index (κ2) is 6.10. The standard InChI is InChI=1S/C18H20N2O/c19-18(21)15-6-4-13(5-7-15)16-2-1-3-17(12-16)14-8-10-20-11-9-14/h1-7,12,14,20H,8-11H2,(H2,19,21). The summed E-state index contributed by atoms with van der Waals surface area (Å²) in [6, 6.07) is 16.2. The molecule has 1 aliphatic heterocycles. The predicted molar refractivity (Wildman–Crippen MR) is 85.2 cm³/mol. The molecular weight excluding hydrogens is 260 g/mol. The molecule has 0 aromatic heterocycles. The van der Waals surface area contributed by atoms with Crippen LogP contribution in [0.3, 0.4) is 0 Å². The lowest BCUT2D eigenvalue weighted by Crippen LogP contribution is -2.26. The summed E-state index contributed by atoms with van der Waals surface area (Å²) >= 11 is 0. The number of hydrogen-bond donors (Lipinski definition) is 2. The van der Waals surface area contributed by atoms with Crippen LogP contribution in [0.5, 0.6) is 0 Å². The first-order chi connectivity index (χ1) is 10.2. The number of primary amides is 1. The SMILES string of the molecule is NC(=O)c1ccc(-c2cccc(C3CCNCC3)c2)cc1. The van der Waals surface area contributed by atoms with Crippen molar-refractivity contribution < 1.29 is 4.79 Å². The van der Waals surface area contributed by atoms with Gasteiger partial charge in [-0.15, -0.1) is 0 Å². The Hall–Kier alpha value is -2.13. The van der Waals surface area contributed by atoms with Crippen LogP contribution < -0.4 is 11.1 Å². The number of amides is 1. The van der Waals surface area contributed by atoms with Gasteiger partial charge >= 0.3 is 0 Å². The van der Waals surface area contributed by atoms with Gasteiger partial charge < -0.3 is 11.1 Å².